The Morgan fingerprint density at radius 2 is 2.07 bits per heavy atom. The molecule has 1 N–H and O–H groups in total. The zero-order valence-corrected chi connectivity index (χ0v) is 9.97. The Hall–Kier alpha value is -0.830. The topological polar surface area (TPSA) is 38.3 Å². The summed E-state index contributed by atoms with van der Waals surface area (Å²) in [5.41, 5.74) is 1.15. The summed E-state index contributed by atoms with van der Waals surface area (Å²) >= 11 is 0. The second-order valence-corrected chi connectivity index (χ2v) is 3.75. The van der Waals surface area contributed by atoms with Crippen molar-refractivity contribution in [2.45, 2.75) is 39.5 Å². The van der Waals surface area contributed by atoms with Crippen molar-refractivity contribution in [1.82, 2.24) is 5.32 Å². The van der Waals surface area contributed by atoms with Crippen molar-refractivity contribution in [3.63, 3.8) is 0 Å². The Morgan fingerprint density at radius 1 is 1.33 bits per heavy atom. The molecule has 0 unspecified atom stereocenters. The fraction of sp³-hybridized carbons (Fsp3) is 0.750. The fourth-order valence-corrected chi connectivity index (χ4v) is 1.23. The Morgan fingerprint density at radius 3 is 2.67 bits per heavy atom. The van der Waals surface area contributed by atoms with Gasteiger partial charge in [-0.25, -0.2) is 0 Å². The van der Waals surface area contributed by atoms with Crippen LogP contribution in [0, 0.1) is 0 Å². The maximum absolute atomic E-state index is 11.0. The highest BCUT2D eigenvalue weighted by Crippen LogP contribution is 2.00. The lowest BCUT2D eigenvalue weighted by molar-refractivity contribution is -0.143. The second kappa shape index (κ2) is 9.71. The highest BCUT2D eigenvalue weighted by Gasteiger charge is 2.00. The van der Waals surface area contributed by atoms with Crippen molar-refractivity contribution in [3.8, 4) is 0 Å². The SMILES string of the molecule is C=C(C)CNCCCCCC(=O)OCC. The largest absolute Gasteiger partial charge is 0.466 e. The minimum absolute atomic E-state index is 0.0765. The van der Waals surface area contributed by atoms with E-state index in [2.05, 4.69) is 11.9 Å². The van der Waals surface area contributed by atoms with E-state index in [-0.39, 0.29) is 5.97 Å². The van der Waals surface area contributed by atoms with Gasteiger partial charge in [-0.3, -0.25) is 4.79 Å². The average Bonchev–Trinajstić information content (AvgIpc) is 2.16. The van der Waals surface area contributed by atoms with Gasteiger partial charge in [-0.2, -0.15) is 0 Å². The highest BCUT2D eigenvalue weighted by atomic mass is 16.5. The summed E-state index contributed by atoms with van der Waals surface area (Å²) in [6.45, 7) is 10.0. The van der Waals surface area contributed by atoms with Gasteiger partial charge in [0.25, 0.3) is 0 Å². The lowest BCUT2D eigenvalue weighted by Crippen LogP contribution is -2.17. The first kappa shape index (κ1) is 14.2. The Labute approximate surface area is 92.9 Å². The third kappa shape index (κ3) is 11.1. The van der Waals surface area contributed by atoms with E-state index in [0.29, 0.717) is 13.0 Å². The maximum atomic E-state index is 11.0. The molecule has 0 amide bonds. The Balaban J connectivity index is 3.11. The van der Waals surface area contributed by atoms with Crippen LogP contribution in [0.5, 0.6) is 0 Å². The Kier molecular flexibility index (Phi) is 9.18. The molecule has 0 aromatic rings. The molecule has 0 aromatic heterocycles. The van der Waals surface area contributed by atoms with Crippen LogP contribution in [0.15, 0.2) is 12.2 Å². The molecule has 0 aliphatic carbocycles. The van der Waals surface area contributed by atoms with Crippen LogP contribution in [0.25, 0.3) is 0 Å². The molecule has 0 saturated heterocycles. The third-order valence-corrected chi connectivity index (χ3v) is 1.97. The predicted octanol–water partition coefficient (Wildman–Crippen LogP) is 2.28. The van der Waals surface area contributed by atoms with Gasteiger partial charge in [0.05, 0.1) is 6.61 Å². The molecule has 0 rings (SSSR count). The van der Waals surface area contributed by atoms with Crippen LogP contribution in [0.3, 0.4) is 0 Å². The molecule has 0 aliphatic heterocycles. The van der Waals surface area contributed by atoms with Crippen molar-refractivity contribution in [1.29, 1.82) is 0 Å². The molecule has 0 aliphatic rings. The number of esters is 1. The molecule has 0 aromatic carbocycles. The zero-order valence-electron chi connectivity index (χ0n) is 9.97. The van der Waals surface area contributed by atoms with E-state index in [0.717, 1.165) is 37.9 Å². The van der Waals surface area contributed by atoms with Crippen LogP contribution in [-0.4, -0.2) is 25.7 Å². The first-order valence-electron chi connectivity index (χ1n) is 5.67. The molecule has 0 spiro atoms. The van der Waals surface area contributed by atoms with Gasteiger partial charge in [-0.15, -0.1) is 0 Å². The van der Waals surface area contributed by atoms with E-state index < -0.39 is 0 Å². The van der Waals surface area contributed by atoms with Crippen molar-refractivity contribution >= 4 is 5.97 Å². The molecule has 0 atom stereocenters. The first-order valence-corrected chi connectivity index (χ1v) is 5.67. The van der Waals surface area contributed by atoms with E-state index in [9.17, 15) is 4.79 Å². The summed E-state index contributed by atoms with van der Waals surface area (Å²) in [6.07, 6.45) is 3.65. The Bertz CT molecular complexity index is 190. The van der Waals surface area contributed by atoms with Crippen molar-refractivity contribution in [3.05, 3.63) is 12.2 Å². The van der Waals surface area contributed by atoms with Crippen molar-refractivity contribution < 1.29 is 9.53 Å². The summed E-state index contributed by atoms with van der Waals surface area (Å²) in [7, 11) is 0. The number of nitrogens with one attached hydrogen (secondary N) is 1. The average molecular weight is 213 g/mol. The summed E-state index contributed by atoms with van der Waals surface area (Å²) < 4.78 is 4.83. The lowest BCUT2D eigenvalue weighted by Gasteiger charge is -2.04. The number of rotatable bonds is 9. The van der Waals surface area contributed by atoms with E-state index in [1.54, 1.807) is 0 Å². The molecular weight excluding hydrogens is 190 g/mol. The van der Waals surface area contributed by atoms with Crippen LogP contribution in [0.1, 0.15) is 39.5 Å². The van der Waals surface area contributed by atoms with Gasteiger partial charge < -0.3 is 10.1 Å². The lowest BCUT2D eigenvalue weighted by atomic mass is 10.2. The molecule has 0 radical (unpaired) electrons. The number of unbranched alkanes of at least 4 members (excludes halogenated alkanes) is 2. The molecule has 0 fully saturated rings. The van der Waals surface area contributed by atoms with Crippen LogP contribution >= 0.6 is 0 Å². The molecule has 88 valence electrons. The number of carbonyl (C=O) groups is 1. The van der Waals surface area contributed by atoms with Gasteiger partial charge >= 0.3 is 5.97 Å². The van der Waals surface area contributed by atoms with E-state index in [4.69, 9.17) is 4.74 Å². The number of ether oxygens (including phenoxy) is 1. The van der Waals surface area contributed by atoms with Gasteiger partial charge in [-0.05, 0) is 33.2 Å². The second-order valence-electron chi connectivity index (χ2n) is 3.75. The summed E-state index contributed by atoms with van der Waals surface area (Å²) in [4.78, 5) is 11.0. The van der Waals surface area contributed by atoms with E-state index in [1.807, 2.05) is 13.8 Å². The maximum Gasteiger partial charge on any atom is 0.305 e. The number of hydrogen-bond donors (Lipinski definition) is 1. The van der Waals surface area contributed by atoms with Gasteiger partial charge in [0, 0.05) is 13.0 Å². The first-order chi connectivity index (χ1) is 7.16. The van der Waals surface area contributed by atoms with E-state index in [1.165, 1.54) is 0 Å². The van der Waals surface area contributed by atoms with Gasteiger partial charge in [0.15, 0.2) is 0 Å². The van der Waals surface area contributed by atoms with Crippen LogP contribution in [0.4, 0.5) is 0 Å². The van der Waals surface area contributed by atoms with Crippen LogP contribution in [0.2, 0.25) is 0 Å². The van der Waals surface area contributed by atoms with Crippen molar-refractivity contribution in [2.24, 2.45) is 0 Å². The summed E-state index contributed by atoms with van der Waals surface area (Å²) in [6, 6.07) is 0. The molecule has 3 nitrogen and oxygen atoms in total. The predicted molar refractivity (Wildman–Crippen MR) is 62.8 cm³/mol. The number of hydrogen-bond acceptors (Lipinski definition) is 3. The van der Waals surface area contributed by atoms with Gasteiger partial charge in [0.1, 0.15) is 0 Å². The fourth-order valence-electron chi connectivity index (χ4n) is 1.23. The molecule has 15 heavy (non-hydrogen) atoms. The molecule has 3 heteroatoms. The number of carbonyl (C=O) groups excluding carboxylic acids is 1. The molecule has 0 heterocycles. The highest BCUT2D eigenvalue weighted by molar-refractivity contribution is 5.69. The smallest absolute Gasteiger partial charge is 0.305 e. The van der Waals surface area contributed by atoms with Crippen LogP contribution in [-0.2, 0) is 9.53 Å². The molecule has 0 saturated carbocycles. The monoisotopic (exact) mass is 213 g/mol. The zero-order chi connectivity index (χ0) is 11.5. The minimum Gasteiger partial charge on any atom is -0.466 e. The van der Waals surface area contributed by atoms with Crippen molar-refractivity contribution in [2.75, 3.05) is 19.7 Å². The summed E-state index contributed by atoms with van der Waals surface area (Å²) in [5.74, 6) is -0.0765. The minimum atomic E-state index is -0.0765. The normalized spacial score (nSPS) is 10.0. The molecular formula is C12H23NO2. The summed E-state index contributed by atoms with van der Waals surface area (Å²) in [5, 5.41) is 3.28. The van der Waals surface area contributed by atoms with E-state index >= 15 is 0 Å². The third-order valence-electron chi connectivity index (χ3n) is 1.97. The standard InChI is InChI=1S/C12H23NO2/c1-4-15-12(14)8-6-5-7-9-13-10-11(2)3/h13H,2,4-10H2,1,3H3. The van der Waals surface area contributed by atoms with Crippen LogP contribution < -0.4 is 5.32 Å². The molecule has 0 bridgehead atoms. The quantitative estimate of drug-likeness (QED) is 0.363. The van der Waals surface area contributed by atoms with Gasteiger partial charge in [-0.1, -0.05) is 18.6 Å². The van der Waals surface area contributed by atoms with Gasteiger partial charge in [0.2, 0.25) is 0 Å².